The van der Waals surface area contributed by atoms with Crippen LogP contribution in [-0.2, 0) is 14.8 Å². The third-order valence-corrected chi connectivity index (χ3v) is 6.04. The highest BCUT2D eigenvalue weighted by Crippen LogP contribution is 2.25. The first-order valence-electron chi connectivity index (χ1n) is 6.89. The van der Waals surface area contributed by atoms with E-state index >= 15 is 0 Å². The van der Waals surface area contributed by atoms with E-state index in [0.717, 1.165) is 32.0 Å². The Labute approximate surface area is 134 Å². The lowest BCUT2D eigenvalue weighted by molar-refractivity contribution is 0.122. The van der Waals surface area contributed by atoms with Gasteiger partial charge in [0.1, 0.15) is 0 Å². The first-order valence-corrected chi connectivity index (χ1v) is 9.27. The topological polar surface area (TPSA) is 62.7 Å². The molecule has 1 aliphatic heterocycles. The summed E-state index contributed by atoms with van der Waals surface area (Å²) >= 11 is 1.26. The number of morpholine rings is 1. The molecular formula is C14H17N3O3S2. The molecule has 0 saturated carbocycles. The number of thiazole rings is 1. The van der Waals surface area contributed by atoms with Crippen molar-refractivity contribution >= 4 is 32.7 Å². The second kappa shape index (κ2) is 6.23. The number of nitrogens with zero attached hydrogens (tertiary/aromatic N) is 3. The van der Waals surface area contributed by atoms with E-state index in [2.05, 4.69) is 9.88 Å². The number of sulfonamides is 1. The first-order chi connectivity index (χ1) is 10.6. The largest absolute Gasteiger partial charge is 0.378 e. The zero-order valence-electron chi connectivity index (χ0n) is 12.2. The molecule has 1 aliphatic rings. The molecule has 0 aliphatic carbocycles. The van der Waals surface area contributed by atoms with Crippen LogP contribution in [0.2, 0.25) is 0 Å². The van der Waals surface area contributed by atoms with Crippen LogP contribution in [0.15, 0.2) is 40.2 Å². The molecule has 0 bridgehead atoms. The Morgan fingerprint density at radius 2 is 1.91 bits per heavy atom. The van der Waals surface area contributed by atoms with E-state index in [0.29, 0.717) is 5.69 Å². The normalized spacial score (nSPS) is 15.8. The minimum Gasteiger partial charge on any atom is -0.378 e. The third-order valence-electron chi connectivity index (χ3n) is 3.62. The summed E-state index contributed by atoms with van der Waals surface area (Å²) in [5, 5.41) is 1.62. The molecular weight excluding hydrogens is 322 g/mol. The van der Waals surface area contributed by atoms with Crippen molar-refractivity contribution in [1.29, 1.82) is 0 Å². The Hall–Kier alpha value is -1.64. The molecule has 2 heterocycles. The van der Waals surface area contributed by atoms with Crippen LogP contribution in [0.3, 0.4) is 0 Å². The third kappa shape index (κ3) is 2.94. The molecule has 2 aromatic rings. The summed E-state index contributed by atoms with van der Waals surface area (Å²) in [6.07, 6.45) is 0. The molecule has 0 amide bonds. The van der Waals surface area contributed by atoms with Crippen molar-refractivity contribution in [3.63, 3.8) is 0 Å². The van der Waals surface area contributed by atoms with Crippen molar-refractivity contribution in [2.24, 2.45) is 0 Å². The van der Waals surface area contributed by atoms with Crippen molar-refractivity contribution in [3.05, 3.63) is 35.2 Å². The van der Waals surface area contributed by atoms with Crippen LogP contribution >= 0.6 is 11.3 Å². The molecule has 1 saturated heterocycles. The standard InChI is InChI=1S/C14H17N3O3S2/c1-16(22(18,19)14-10-21-11-15-14)12-2-4-13(5-3-12)17-6-8-20-9-7-17/h2-5,10-11H,6-9H2,1H3. The predicted octanol–water partition coefficient (Wildman–Crippen LogP) is 1.80. The minimum atomic E-state index is -3.59. The average molecular weight is 339 g/mol. The summed E-state index contributed by atoms with van der Waals surface area (Å²) in [5.41, 5.74) is 3.21. The van der Waals surface area contributed by atoms with Crippen LogP contribution in [0.5, 0.6) is 0 Å². The minimum absolute atomic E-state index is 0.0808. The maximum Gasteiger partial charge on any atom is 0.282 e. The molecule has 0 spiro atoms. The molecule has 0 atom stereocenters. The Morgan fingerprint density at radius 3 is 2.50 bits per heavy atom. The molecule has 3 rings (SSSR count). The van der Waals surface area contributed by atoms with E-state index in [4.69, 9.17) is 4.74 Å². The quantitative estimate of drug-likeness (QED) is 0.850. The van der Waals surface area contributed by atoms with Gasteiger partial charge >= 0.3 is 0 Å². The Kier molecular flexibility index (Phi) is 4.32. The number of hydrogen-bond donors (Lipinski definition) is 0. The molecule has 0 N–H and O–H groups in total. The van der Waals surface area contributed by atoms with Gasteiger partial charge in [-0.3, -0.25) is 4.31 Å². The lowest BCUT2D eigenvalue weighted by Gasteiger charge is -2.29. The van der Waals surface area contributed by atoms with Crippen molar-refractivity contribution in [2.45, 2.75) is 5.03 Å². The number of hydrogen-bond acceptors (Lipinski definition) is 6. The number of anilines is 2. The van der Waals surface area contributed by atoms with Gasteiger partial charge in [-0.05, 0) is 24.3 Å². The van der Waals surface area contributed by atoms with Crippen molar-refractivity contribution in [2.75, 3.05) is 42.6 Å². The second-order valence-electron chi connectivity index (χ2n) is 4.92. The summed E-state index contributed by atoms with van der Waals surface area (Å²) in [5.74, 6) is 0. The van der Waals surface area contributed by atoms with Crippen LogP contribution in [0.4, 0.5) is 11.4 Å². The summed E-state index contributed by atoms with van der Waals surface area (Å²) < 4.78 is 31.4. The first kappa shape index (κ1) is 15.3. The molecule has 118 valence electrons. The molecule has 1 aromatic carbocycles. The van der Waals surface area contributed by atoms with E-state index in [1.165, 1.54) is 26.5 Å². The average Bonchev–Trinajstić information content (AvgIpc) is 3.10. The van der Waals surface area contributed by atoms with Gasteiger partial charge in [0.05, 0.1) is 24.4 Å². The van der Waals surface area contributed by atoms with Gasteiger partial charge in [-0.25, -0.2) is 4.98 Å². The lowest BCUT2D eigenvalue weighted by atomic mass is 10.2. The molecule has 1 fully saturated rings. The van der Waals surface area contributed by atoms with Crippen molar-refractivity contribution in [1.82, 2.24) is 4.98 Å². The lowest BCUT2D eigenvalue weighted by Crippen LogP contribution is -2.36. The zero-order chi connectivity index (χ0) is 15.6. The smallest absolute Gasteiger partial charge is 0.282 e. The number of rotatable bonds is 4. The van der Waals surface area contributed by atoms with Crippen LogP contribution in [0.1, 0.15) is 0 Å². The summed E-state index contributed by atoms with van der Waals surface area (Å²) in [6, 6.07) is 7.50. The van der Waals surface area contributed by atoms with Crippen LogP contribution < -0.4 is 9.21 Å². The van der Waals surface area contributed by atoms with Gasteiger partial charge < -0.3 is 9.64 Å². The van der Waals surface area contributed by atoms with E-state index in [9.17, 15) is 8.42 Å². The monoisotopic (exact) mass is 339 g/mol. The maximum absolute atomic E-state index is 12.4. The second-order valence-corrected chi connectivity index (χ2v) is 7.55. The SMILES string of the molecule is CN(c1ccc(N2CCOCC2)cc1)S(=O)(=O)c1cscn1. The number of aromatic nitrogens is 1. The number of benzene rings is 1. The molecule has 6 nitrogen and oxygen atoms in total. The van der Waals surface area contributed by atoms with Gasteiger partial charge in [0.15, 0.2) is 5.03 Å². The Bertz CT molecular complexity index is 708. The van der Waals surface area contributed by atoms with E-state index in [1.54, 1.807) is 7.05 Å². The molecule has 1 aromatic heterocycles. The zero-order valence-corrected chi connectivity index (χ0v) is 13.8. The Morgan fingerprint density at radius 1 is 1.23 bits per heavy atom. The summed E-state index contributed by atoms with van der Waals surface area (Å²) in [4.78, 5) is 6.12. The fourth-order valence-electron chi connectivity index (χ4n) is 2.30. The van der Waals surface area contributed by atoms with E-state index in [-0.39, 0.29) is 5.03 Å². The molecule has 0 unspecified atom stereocenters. The van der Waals surface area contributed by atoms with Gasteiger partial charge in [0, 0.05) is 31.2 Å². The van der Waals surface area contributed by atoms with Gasteiger partial charge in [-0.1, -0.05) is 0 Å². The van der Waals surface area contributed by atoms with E-state index < -0.39 is 10.0 Å². The van der Waals surface area contributed by atoms with Gasteiger partial charge in [-0.2, -0.15) is 8.42 Å². The van der Waals surface area contributed by atoms with Crippen molar-refractivity contribution in [3.8, 4) is 0 Å². The number of ether oxygens (including phenoxy) is 1. The maximum atomic E-state index is 12.4. The summed E-state index contributed by atoms with van der Waals surface area (Å²) in [7, 11) is -2.05. The fraction of sp³-hybridized carbons (Fsp3) is 0.357. The van der Waals surface area contributed by atoms with Gasteiger partial charge in [0.2, 0.25) is 0 Å². The highest BCUT2D eigenvalue weighted by molar-refractivity contribution is 7.92. The molecule has 8 heteroatoms. The fourth-order valence-corrected chi connectivity index (χ4v) is 4.30. The van der Waals surface area contributed by atoms with Crippen LogP contribution in [0, 0.1) is 0 Å². The van der Waals surface area contributed by atoms with Crippen LogP contribution in [0.25, 0.3) is 0 Å². The highest BCUT2D eigenvalue weighted by atomic mass is 32.2. The Balaban J connectivity index is 1.80. The van der Waals surface area contributed by atoms with Crippen LogP contribution in [-0.4, -0.2) is 46.8 Å². The highest BCUT2D eigenvalue weighted by Gasteiger charge is 2.23. The molecule has 22 heavy (non-hydrogen) atoms. The van der Waals surface area contributed by atoms with Gasteiger partial charge in [0.25, 0.3) is 10.0 Å². The molecule has 0 radical (unpaired) electrons. The van der Waals surface area contributed by atoms with Crippen molar-refractivity contribution < 1.29 is 13.2 Å². The van der Waals surface area contributed by atoms with Gasteiger partial charge in [-0.15, -0.1) is 11.3 Å². The summed E-state index contributed by atoms with van der Waals surface area (Å²) in [6.45, 7) is 3.15. The van der Waals surface area contributed by atoms with E-state index in [1.807, 2.05) is 24.3 Å². The predicted molar refractivity (Wildman–Crippen MR) is 87.2 cm³/mol.